The van der Waals surface area contributed by atoms with Crippen LogP contribution in [0.2, 0.25) is 0 Å². The van der Waals surface area contributed by atoms with E-state index in [1.165, 1.54) is 22.4 Å². The van der Waals surface area contributed by atoms with E-state index in [-0.39, 0.29) is 5.41 Å². The second kappa shape index (κ2) is 7.01. The van der Waals surface area contributed by atoms with Crippen molar-refractivity contribution >= 4 is 16.7 Å². The molecule has 5 rings (SSSR count). The molecule has 0 saturated carbocycles. The molecule has 0 bridgehead atoms. The van der Waals surface area contributed by atoms with Gasteiger partial charge in [-0.1, -0.05) is 45.0 Å². The lowest BCUT2D eigenvalue weighted by Crippen LogP contribution is -2.10. The molecule has 6 nitrogen and oxygen atoms in total. The molecule has 0 radical (unpaired) electrons. The zero-order valence-electron chi connectivity index (χ0n) is 18.6. The van der Waals surface area contributed by atoms with Gasteiger partial charge < -0.3 is 4.57 Å². The Bertz CT molecular complexity index is 1390. The highest BCUT2D eigenvalue weighted by Gasteiger charge is 2.19. The van der Waals surface area contributed by atoms with Crippen LogP contribution in [0.3, 0.4) is 0 Å². The summed E-state index contributed by atoms with van der Waals surface area (Å²) < 4.78 is 4.03. The summed E-state index contributed by atoms with van der Waals surface area (Å²) in [5.41, 5.74) is 7.76. The molecular formula is C25H26N6. The molecule has 0 aliphatic carbocycles. The Morgan fingerprint density at radius 2 is 1.61 bits per heavy atom. The second-order valence-electron chi connectivity index (χ2n) is 9.13. The fourth-order valence-electron chi connectivity index (χ4n) is 4.04. The van der Waals surface area contributed by atoms with Crippen LogP contribution in [0.1, 0.15) is 43.2 Å². The fourth-order valence-corrected chi connectivity index (χ4v) is 4.04. The summed E-state index contributed by atoms with van der Waals surface area (Å²) in [7, 11) is 0. The van der Waals surface area contributed by atoms with Crippen molar-refractivity contribution in [2.45, 2.75) is 46.6 Å². The number of nitrogens with zero attached hydrogens (tertiary/aromatic N) is 6. The third-order valence-electron chi connectivity index (χ3n) is 6.05. The van der Waals surface area contributed by atoms with Crippen molar-refractivity contribution in [3.8, 4) is 11.4 Å². The summed E-state index contributed by atoms with van der Waals surface area (Å²) in [6.07, 6.45) is 5.41. The normalized spacial score (nSPS) is 12.2. The Kier molecular flexibility index (Phi) is 4.39. The van der Waals surface area contributed by atoms with Crippen LogP contribution < -0.4 is 0 Å². The summed E-state index contributed by atoms with van der Waals surface area (Å²) in [5.74, 6) is 0.716. The van der Waals surface area contributed by atoms with E-state index in [1.54, 1.807) is 10.8 Å². The van der Waals surface area contributed by atoms with Crippen molar-refractivity contribution in [3.63, 3.8) is 0 Å². The van der Waals surface area contributed by atoms with Gasteiger partial charge >= 0.3 is 0 Å². The minimum atomic E-state index is 0.118. The van der Waals surface area contributed by atoms with Crippen LogP contribution in [-0.4, -0.2) is 29.1 Å². The Labute approximate surface area is 181 Å². The molecule has 6 heteroatoms. The average Bonchev–Trinajstić information content (AvgIpc) is 3.29. The minimum Gasteiger partial charge on any atom is -0.325 e. The van der Waals surface area contributed by atoms with Crippen molar-refractivity contribution in [2.75, 3.05) is 0 Å². The lowest BCUT2D eigenvalue weighted by Gasteiger charge is -2.18. The predicted molar refractivity (Wildman–Crippen MR) is 123 cm³/mol. The molecule has 0 saturated heterocycles. The van der Waals surface area contributed by atoms with Gasteiger partial charge in [-0.15, -0.1) is 5.10 Å². The van der Waals surface area contributed by atoms with E-state index in [1.807, 2.05) is 24.5 Å². The third kappa shape index (κ3) is 3.28. The van der Waals surface area contributed by atoms with Gasteiger partial charge in [0.25, 0.3) is 0 Å². The lowest BCUT2D eigenvalue weighted by molar-refractivity contribution is 0.590. The van der Waals surface area contributed by atoms with Gasteiger partial charge in [0.05, 0.1) is 5.39 Å². The van der Waals surface area contributed by atoms with Crippen molar-refractivity contribution in [3.05, 3.63) is 77.5 Å². The van der Waals surface area contributed by atoms with Crippen LogP contribution in [0.15, 0.2) is 55.1 Å². The molecule has 156 valence electrons. The maximum Gasteiger partial charge on any atom is 0.182 e. The maximum atomic E-state index is 4.91. The second-order valence-corrected chi connectivity index (χ2v) is 9.13. The van der Waals surface area contributed by atoms with E-state index in [0.717, 1.165) is 28.8 Å². The smallest absolute Gasteiger partial charge is 0.182 e. The van der Waals surface area contributed by atoms with E-state index in [2.05, 4.69) is 68.4 Å². The molecule has 31 heavy (non-hydrogen) atoms. The van der Waals surface area contributed by atoms with Crippen molar-refractivity contribution < 1.29 is 0 Å². The van der Waals surface area contributed by atoms with Gasteiger partial charge in [-0.05, 0) is 48.1 Å². The number of hydrogen-bond acceptors (Lipinski definition) is 4. The Morgan fingerprint density at radius 1 is 0.903 bits per heavy atom. The van der Waals surface area contributed by atoms with Gasteiger partial charge in [0, 0.05) is 30.2 Å². The quantitative estimate of drug-likeness (QED) is 0.415. The summed E-state index contributed by atoms with van der Waals surface area (Å²) >= 11 is 0. The number of aryl methyl sites for hydroxylation is 1. The predicted octanol–water partition coefficient (Wildman–Crippen LogP) is 5.10. The van der Waals surface area contributed by atoms with Gasteiger partial charge in [-0.25, -0.2) is 14.5 Å². The Balaban J connectivity index is 1.62. The van der Waals surface area contributed by atoms with Gasteiger partial charge in [-0.2, -0.15) is 0 Å². The highest BCUT2D eigenvalue weighted by Crippen LogP contribution is 2.29. The molecule has 5 aromatic rings. The summed E-state index contributed by atoms with van der Waals surface area (Å²) in [4.78, 5) is 13.8. The highest BCUT2D eigenvalue weighted by atomic mass is 15.3. The van der Waals surface area contributed by atoms with Gasteiger partial charge in [0.15, 0.2) is 11.5 Å². The maximum absolute atomic E-state index is 4.91. The first kappa shape index (κ1) is 19.4. The fraction of sp³-hybridized carbons (Fsp3) is 0.280. The molecule has 0 N–H and O–H groups in total. The van der Waals surface area contributed by atoms with Crippen LogP contribution in [0.25, 0.3) is 28.1 Å². The van der Waals surface area contributed by atoms with Crippen molar-refractivity contribution in [1.29, 1.82) is 0 Å². The average molecular weight is 411 g/mol. The van der Waals surface area contributed by atoms with Crippen molar-refractivity contribution in [2.24, 2.45) is 0 Å². The zero-order chi connectivity index (χ0) is 21.8. The highest BCUT2D eigenvalue weighted by molar-refractivity contribution is 5.94. The molecule has 0 aliphatic rings. The summed E-state index contributed by atoms with van der Waals surface area (Å²) in [6, 6.07) is 12.6. The first-order chi connectivity index (χ1) is 14.8. The molecule has 0 amide bonds. The van der Waals surface area contributed by atoms with Gasteiger partial charge in [0.1, 0.15) is 12.0 Å². The number of benzene rings is 1. The van der Waals surface area contributed by atoms with Crippen LogP contribution in [0.4, 0.5) is 0 Å². The first-order valence-electron chi connectivity index (χ1n) is 10.5. The summed E-state index contributed by atoms with van der Waals surface area (Å²) in [6.45, 7) is 11.7. The van der Waals surface area contributed by atoms with Crippen LogP contribution in [-0.2, 0) is 12.0 Å². The standard InChI is InChI=1S/C25H26N6/c1-16-17(2)30(14-18-10-12-26-13-11-18)23-21(16)24-28-22(29-31(24)15-27-23)19-6-8-20(9-7-19)25(3,4)5/h6-13,15H,14H2,1-5H3. The van der Waals surface area contributed by atoms with E-state index in [0.29, 0.717) is 5.82 Å². The van der Waals surface area contributed by atoms with E-state index < -0.39 is 0 Å². The molecule has 0 aliphatic heterocycles. The molecule has 0 spiro atoms. The molecule has 4 heterocycles. The molecule has 0 unspecified atom stereocenters. The van der Waals surface area contributed by atoms with Crippen LogP contribution >= 0.6 is 0 Å². The van der Waals surface area contributed by atoms with E-state index in [4.69, 9.17) is 15.1 Å². The zero-order valence-corrected chi connectivity index (χ0v) is 18.6. The van der Waals surface area contributed by atoms with Crippen LogP contribution in [0, 0.1) is 13.8 Å². The SMILES string of the molecule is Cc1c(C)n(Cc2ccncc2)c2ncn3nc(-c4ccc(C(C)(C)C)cc4)nc3c12. The molecule has 1 aromatic carbocycles. The Morgan fingerprint density at radius 3 is 2.29 bits per heavy atom. The number of fused-ring (bicyclic) bond motifs is 3. The summed E-state index contributed by atoms with van der Waals surface area (Å²) in [5, 5.41) is 5.77. The molecule has 4 aromatic heterocycles. The molecular weight excluding hydrogens is 384 g/mol. The Hall–Kier alpha value is -3.54. The van der Waals surface area contributed by atoms with Gasteiger partial charge in [0.2, 0.25) is 0 Å². The van der Waals surface area contributed by atoms with E-state index >= 15 is 0 Å². The topological polar surface area (TPSA) is 60.9 Å². The largest absolute Gasteiger partial charge is 0.325 e. The number of pyridine rings is 1. The monoisotopic (exact) mass is 410 g/mol. The minimum absolute atomic E-state index is 0.118. The van der Waals surface area contributed by atoms with Gasteiger partial charge in [-0.3, -0.25) is 4.98 Å². The molecule has 0 fully saturated rings. The van der Waals surface area contributed by atoms with E-state index in [9.17, 15) is 0 Å². The number of rotatable bonds is 3. The van der Waals surface area contributed by atoms with Crippen LogP contribution in [0.5, 0.6) is 0 Å². The molecule has 0 atom stereocenters. The first-order valence-corrected chi connectivity index (χ1v) is 10.5. The number of aromatic nitrogens is 6. The number of hydrogen-bond donors (Lipinski definition) is 0. The lowest BCUT2D eigenvalue weighted by atomic mass is 9.87. The van der Waals surface area contributed by atoms with Crippen molar-refractivity contribution in [1.82, 2.24) is 29.1 Å². The third-order valence-corrected chi connectivity index (χ3v) is 6.05.